The van der Waals surface area contributed by atoms with E-state index in [4.69, 9.17) is 5.11 Å². The van der Waals surface area contributed by atoms with Gasteiger partial charge in [-0.05, 0) is 48.9 Å². The molecule has 0 spiro atoms. The summed E-state index contributed by atoms with van der Waals surface area (Å²) in [5.74, 6) is 0. The molecular formula is C37H62FeO7S2. The van der Waals surface area contributed by atoms with E-state index in [-0.39, 0.29) is 26.9 Å². The Labute approximate surface area is 298 Å². The maximum absolute atomic E-state index is 11.2. The van der Waals surface area contributed by atoms with Gasteiger partial charge in [0.2, 0.25) is 0 Å². The maximum Gasteiger partial charge on any atom is 2.00 e. The summed E-state index contributed by atoms with van der Waals surface area (Å²) in [6.45, 7) is 4.46. The topological polar surface area (TPSA) is 135 Å². The van der Waals surface area contributed by atoms with Crippen LogP contribution < -0.4 is 0 Å². The Kier molecular flexibility index (Phi) is 31.3. The fraction of sp³-hybridized carbons (Fsp3) is 0.676. The fourth-order valence-corrected chi connectivity index (χ4v) is 6.99. The van der Waals surface area contributed by atoms with E-state index >= 15 is 0 Å². The summed E-state index contributed by atoms with van der Waals surface area (Å²) in [4.78, 5) is -0.100. The van der Waals surface area contributed by atoms with Crippen LogP contribution in [0.5, 0.6) is 0 Å². The molecule has 0 saturated carbocycles. The average molecular weight is 739 g/mol. The van der Waals surface area contributed by atoms with Crippen LogP contribution >= 0.6 is 0 Å². The average Bonchev–Trinajstić information content (AvgIpc) is 3.03. The van der Waals surface area contributed by atoms with Gasteiger partial charge in [0.1, 0.15) is 20.2 Å². The molecule has 1 N–H and O–H groups in total. The van der Waals surface area contributed by atoms with Crippen molar-refractivity contribution >= 4 is 20.2 Å². The first-order chi connectivity index (χ1) is 22.1. The molecule has 7 nitrogen and oxygen atoms in total. The van der Waals surface area contributed by atoms with Crippen LogP contribution in [-0.2, 0) is 50.1 Å². The molecule has 0 unspecified atom stereocenters. The molecule has 0 fully saturated rings. The fourth-order valence-electron chi connectivity index (χ4n) is 5.51. The van der Waals surface area contributed by atoms with Gasteiger partial charge in [-0.3, -0.25) is 0 Å². The monoisotopic (exact) mass is 738 g/mol. The first-order valence-electron chi connectivity index (χ1n) is 17.6. The third kappa shape index (κ3) is 25.4. The van der Waals surface area contributed by atoms with E-state index in [2.05, 4.69) is 13.8 Å². The molecular weight excluding hydrogens is 676 g/mol. The molecule has 0 saturated heterocycles. The van der Waals surface area contributed by atoms with Gasteiger partial charge >= 0.3 is 17.1 Å². The molecule has 0 amide bonds. The predicted molar refractivity (Wildman–Crippen MR) is 188 cm³/mol. The molecule has 272 valence electrons. The Morgan fingerprint density at radius 2 is 0.681 bits per heavy atom. The molecule has 0 atom stereocenters. The Morgan fingerprint density at radius 3 is 0.936 bits per heavy atom. The molecule has 0 aliphatic carbocycles. The van der Waals surface area contributed by atoms with Crippen LogP contribution in [0.15, 0.2) is 58.3 Å². The van der Waals surface area contributed by atoms with Crippen molar-refractivity contribution in [2.75, 3.05) is 7.11 Å². The van der Waals surface area contributed by atoms with Gasteiger partial charge < -0.3 is 14.2 Å². The summed E-state index contributed by atoms with van der Waals surface area (Å²) in [7, 11) is -7.69. The van der Waals surface area contributed by atoms with E-state index < -0.39 is 20.2 Å². The van der Waals surface area contributed by atoms with Gasteiger partial charge in [-0.15, -0.1) is 0 Å². The van der Waals surface area contributed by atoms with Crippen molar-refractivity contribution in [3.05, 3.63) is 59.7 Å². The number of rotatable bonds is 24. The van der Waals surface area contributed by atoms with Crippen LogP contribution in [-0.4, -0.2) is 38.2 Å². The zero-order valence-corrected chi connectivity index (χ0v) is 32.0. The van der Waals surface area contributed by atoms with Crippen molar-refractivity contribution in [2.24, 2.45) is 0 Å². The Hall–Kier alpha value is -1.26. The van der Waals surface area contributed by atoms with Gasteiger partial charge in [-0.1, -0.05) is 166 Å². The molecule has 0 radical (unpaired) electrons. The van der Waals surface area contributed by atoms with Crippen molar-refractivity contribution in [3.63, 3.8) is 0 Å². The predicted octanol–water partition coefficient (Wildman–Crippen LogP) is 9.71. The molecule has 2 aromatic carbocycles. The molecule has 0 aliphatic heterocycles. The summed E-state index contributed by atoms with van der Waals surface area (Å²) in [5.41, 5.74) is 1.33. The molecule has 0 bridgehead atoms. The van der Waals surface area contributed by atoms with E-state index in [0.717, 1.165) is 32.8 Å². The summed E-state index contributed by atoms with van der Waals surface area (Å²) >= 11 is 0. The Balaban J connectivity index is 0. The second-order valence-electron chi connectivity index (χ2n) is 12.0. The van der Waals surface area contributed by atoms with Gasteiger partial charge in [0, 0.05) is 7.11 Å². The number of aryl methyl sites for hydroxylation is 2. The van der Waals surface area contributed by atoms with E-state index in [1.165, 1.54) is 115 Å². The second kappa shape index (κ2) is 30.8. The molecule has 47 heavy (non-hydrogen) atoms. The van der Waals surface area contributed by atoms with Crippen LogP contribution in [0.25, 0.3) is 0 Å². The van der Waals surface area contributed by atoms with Crippen molar-refractivity contribution in [2.45, 2.75) is 165 Å². The zero-order valence-electron chi connectivity index (χ0n) is 29.2. The SMILES string of the molecule is CCCCCCCCCCCCc1ccccc1S(=O)(=O)[O-].CCCCCCCCCCCCc1ccccc1S(=O)(=O)[O-].CO.[Fe+2]. The number of hydrogen-bond acceptors (Lipinski definition) is 7. The van der Waals surface area contributed by atoms with Crippen LogP contribution in [0.1, 0.15) is 153 Å². The number of hydrogen-bond donors (Lipinski definition) is 1. The van der Waals surface area contributed by atoms with Crippen LogP contribution in [0.2, 0.25) is 0 Å². The smallest absolute Gasteiger partial charge is 0.744 e. The zero-order chi connectivity index (χ0) is 34.5. The minimum absolute atomic E-state index is 0. The number of benzene rings is 2. The molecule has 0 heterocycles. The molecule has 2 rings (SSSR count). The van der Waals surface area contributed by atoms with Crippen molar-refractivity contribution in [1.29, 1.82) is 0 Å². The first kappa shape index (κ1) is 47.9. The second-order valence-corrected chi connectivity index (χ2v) is 14.7. The van der Waals surface area contributed by atoms with Crippen molar-refractivity contribution in [1.82, 2.24) is 0 Å². The largest absolute Gasteiger partial charge is 2.00 e. The van der Waals surface area contributed by atoms with Crippen LogP contribution in [0.3, 0.4) is 0 Å². The molecule has 0 aromatic heterocycles. The number of aliphatic hydroxyl groups excluding tert-OH is 1. The Bertz CT molecular complexity index is 1120. The van der Waals surface area contributed by atoms with Gasteiger partial charge in [0.15, 0.2) is 0 Å². The van der Waals surface area contributed by atoms with Gasteiger partial charge in [-0.25, -0.2) is 16.8 Å². The van der Waals surface area contributed by atoms with Crippen molar-refractivity contribution in [3.8, 4) is 0 Å². The van der Waals surface area contributed by atoms with E-state index in [9.17, 15) is 25.9 Å². The van der Waals surface area contributed by atoms with Crippen molar-refractivity contribution < 1.29 is 48.1 Å². The van der Waals surface area contributed by atoms with Crippen LogP contribution in [0.4, 0.5) is 0 Å². The number of unbranched alkanes of at least 4 members (excludes halogenated alkanes) is 18. The molecule has 0 aliphatic rings. The minimum atomic E-state index is -4.35. The third-order valence-corrected chi connectivity index (χ3v) is 9.96. The standard InChI is InChI=1S/2C18H30O3S.CH4O.Fe/c2*1-2-3-4-5-6-7-8-9-10-11-14-17-15-12-13-16-18(17)22(19,20)21;1-2;/h2*12-13,15-16H,2-11,14H2,1H3,(H,19,20,21);2H,1H3;/q;;;+2/p-2. The van der Waals surface area contributed by atoms with E-state index in [0.29, 0.717) is 24.0 Å². The maximum atomic E-state index is 11.2. The van der Waals surface area contributed by atoms with E-state index in [1.54, 1.807) is 36.4 Å². The summed E-state index contributed by atoms with van der Waals surface area (Å²) < 4.78 is 67.1. The van der Waals surface area contributed by atoms with Gasteiger partial charge in [0.25, 0.3) is 0 Å². The van der Waals surface area contributed by atoms with E-state index in [1.807, 2.05) is 0 Å². The summed E-state index contributed by atoms with van der Waals surface area (Å²) in [6, 6.07) is 13.1. The minimum Gasteiger partial charge on any atom is -0.744 e. The first-order valence-corrected chi connectivity index (χ1v) is 20.4. The third-order valence-electron chi connectivity index (χ3n) is 8.08. The molecule has 10 heteroatoms. The molecule has 2 aromatic rings. The Morgan fingerprint density at radius 1 is 0.447 bits per heavy atom. The summed E-state index contributed by atoms with van der Waals surface area (Å²) in [6.07, 6.45) is 26.3. The van der Waals surface area contributed by atoms with Gasteiger partial charge in [0.05, 0.1) is 9.79 Å². The quantitative estimate of drug-likeness (QED) is 0.0644. The van der Waals surface area contributed by atoms with Crippen LogP contribution in [0, 0.1) is 0 Å². The summed E-state index contributed by atoms with van der Waals surface area (Å²) in [5, 5.41) is 7.00. The number of aliphatic hydroxyl groups is 1. The van der Waals surface area contributed by atoms with Gasteiger partial charge in [-0.2, -0.15) is 0 Å². The normalized spacial score (nSPS) is 11.1.